The Morgan fingerprint density at radius 2 is 1.71 bits per heavy atom. The summed E-state index contributed by atoms with van der Waals surface area (Å²) in [5, 5.41) is 19.4. The standard InChI is InChI=1S/C9H14BBrO2Si/c1-14(2,3)9-5-7(10(12)13)4-8(11)6-9/h4-6,12-13H,1-3H3. The van der Waals surface area contributed by atoms with E-state index < -0.39 is 15.2 Å². The van der Waals surface area contributed by atoms with Crippen LogP contribution in [0.2, 0.25) is 19.6 Å². The van der Waals surface area contributed by atoms with Gasteiger partial charge in [0, 0.05) is 4.47 Å². The van der Waals surface area contributed by atoms with Crippen LogP contribution in [0.5, 0.6) is 0 Å². The Bertz CT molecular complexity index is 336. The van der Waals surface area contributed by atoms with Crippen LogP contribution in [0.25, 0.3) is 0 Å². The molecular formula is C9H14BBrO2Si. The minimum Gasteiger partial charge on any atom is -0.423 e. The fourth-order valence-electron chi connectivity index (χ4n) is 1.19. The molecule has 2 nitrogen and oxygen atoms in total. The highest BCUT2D eigenvalue weighted by Gasteiger charge is 2.20. The van der Waals surface area contributed by atoms with Crippen molar-refractivity contribution in [2.75, 3.05) is 0 Å². The van der Waals surface area contributed by atoms with Crippen molar-refractivity contribution in [2.45, 2.75) is 19.6 Å². The van der Waals surface area contributed by atoms with E-state index in [0.717, 1.165) is 4.47 Å². The lowest BCUT2D eigenvalue weighted by atomic mass is 9.80. The molecule has 14 heavy (non-hydrogen) atoms. The van der Waals surface area contributed by atoms with E-state index in [1.165, 1.54) is 5.19 Å². The molecular weight excluding hydrogens is 259 g/mol. The van der Waals surface area contributed by atoms with Crippen molar-refractivity contribution in [1.82, 2.24) is 0 Å². The second-order valence-electron chi connectivity index (χ2n) is 4.40. The highest BCUT2D eigenvalue weighted by molar-refractivity contribution is 9.10. The van der Waals surface area contributed by atoms with Gasteiger partial charge in [0.2, 0.25) is 0 Å². The minimum atomic E-state index is -1.39. The van der Waals surface area contributed by atoms with Gasteiger partial charge in [0.15, 0.2) is 0 Å². The van der Waals surface area contributed by atoms with Gasteiger partial charge in [0.05, 0.1) is 8.07 Å². The molecule has 0 bridgehead atoms. The van der Waals surface area contributed by atoms with Gasteiger partial charge in [-0.15, -0.1) is 0 Å². The Labute approximate surface area is 94.3 Å². The highest BCUT2D eigenvalue weighted by atomic mass is 79.9. The average Bonchev–Trinajstić information content (AvgIpc) is 2.01. The Morgan fingerprint density at radius 3 is 2.14 bits per heavy atom. The maximum atomic E-state index is 9.09. The summed E-state index contributed by atoms with van der Waals surface area (Å²) in [4.78, 5) is 0. The predicted octanol–water partition coefficient (Wildman–Crippen LogP) is 0.674. The van der Waals surface area contributed by atoms with Crippen molar-refractivity contribution in [3.05, 3.63) is 22.7 Å². The quantitative estimate of drug-likeness (QED) is 0.778. The molecule has 5 heteroatoms. The molecule has 0 amide bonds. The topological polar surface area (TPSA) is 40.5 Å². The van der Waals surface area contributed by atoms with Gasteiger partial charge in [-0.2, -0.15) is 0 Å². The number of halogens is 1. The van der Waals surface area contributed by atoms with Gasteiger partial charge in [-0.25, -0.2) is 0 Å². The lowest BCUT2D eigenvalue weighted by Crippen LogP contribution is -2.42. The van der Waals surface area contributed by atoms with Crippen LogP contribution in [0.1, 0.15) is 0 Å². The van der Waals surface area contributed by atoms with Crippen molar-refractivity contribution in [2.24, 2.45) is 0 Å². The molecule has 0 spiro atoms. The summed E-state index contributed by atoms with van der Waals surface area (Å²) < 4.78 is 0.903. The van der Waals surface area contributed by atoms with Crippen LogP contribution in [0.3, 0.4) is 0 Å². The SMILES string of the molecule is C[Si](C)(C)c1cc(Br)cc(B(O)O)c1. The Balaban J connectivity index is 3.21. The fourth-order valence-corrected chi connectivity index (χ4v) is 3.10. The summed E-state index contributed by atoms with van der Waals surface area (Å²) in [5.74, 6) is 0. The van der Waals surface area contributed by atoms with Crippen LogP contribution >= 0.6 is 15.9 Å². The maximum Gasteiger partial charge on any atom is 0.488 e. The summed E-state index contributed by atoms with van der Waals surface area (Å²) in [6, 6.07) is 5.66. The molecule has 1 rings (SSSR count). The third-order valence-corrected chi connectivity index (χ3v) is 4.56. The summed E-state index contributed by atoms with van der Waals surface area (Å²) in [5.41, 5.74) is 0.553. The first kappa shape index (κ1) is 12.0. The van der Waals surface area contributed by atoms with Gasteiger partial charge in [-0.05, 0) is 17.6 Å². The minimum absolute atomic E-state index is 0.553. The van der Waals surface area contributed by atoms with Crippen LogP contribution in [0.4, 0.5) is 0 Å². The molecule has 0 aliphatic heterocycles. The summed E-state index contributed by atoms with van der Waals surface area (Å²) in [6.45, 7) is 6.67. The van der Waals surface area contributed by atoms with Crippen molar-refractivity contribution >= 4 is 41.8 Å². The molecule has 0 saturated carbocycles. The molecule has 0 heterocycles. The Hall–Kier alpha value is -0.0982. The van der Waals surface area contributed by atoms with Crippen LogP contribution in [-0.4, -0.2) is 25.2 Å². The van der Waals surface area contributed by atoms with Crippen LogP contribution in [-0.2, 0) is 0 Å². The van der Waals surface area contributed by atoms with E-state index in [0.29, 0.717) is 5.46 Å². The molecule has 0 saturated heterocycles. The Kier molecular flexibility index (Phi) is 3.58. The molecule has 0 fully saturated rings. The van der Waals surface area contributed by atoms with E-state index in [9.17, 15) is 0 Å². The van der Waals surface area contributed by atoms with E-state index in [4.69, 9.17) is 10.0 Å². The van der Waals surface area contributed by atoms with E-state index >= 15 is 0 Å². The normalized spacial score (nSPS) is 11.6. The molecule has 1 aromatic rings. The summed E-state index contributed by atoms with van der Waals surface area (Å²) in [7, 11) is -2.78. The molecule has 0 atom stereocenters. The van der Waals surface area contributed by atoms with E-state index in [1.54, 1.807) is 6.07 Å². The second-order valence-corrected chi connectivity index (χ2v) is 10.4. The number of rotatable bonds is 2. The van der Waals surface area contributed by atoms with Crippen molar-refractivity contribution in [3.8, 4) is 0 Å². The number of benzene rings is 1. The smallest absolute Gasteiger partial charge is 0.423 e. The van der Waals surface area contributed by atoms with E-state index in [2.05, 4.69) is 41.6 Å². The number of hydrogen-bond donors (Lipinski definition) is 2. The molecule has 0 unspecified atom stereocenters. The predicted molar refractivity (Wildman–Crippen MR) is 66.9 cm³/mol. The van der Waals surface area contributed by atoms with Crippen molar-refractivity contribution < 1.29 is 10.0 Å². The van der Waals surface area contributed by atoms with Crippen molar-refractivity contribution in [1.29, 1.82) is 0 Å². The molecule has 76 valence electrons. The highest BCUT2D eigenvalue weighted by Crippen LogP contribution is 2.09. The first-order valence-electron chi connectivity index (χ1n) is 4.48. The molecule has 0 aromatic heterocycles. The third-order valence-electron chi connectivity index (χ3n) is 2.08. The largest absolute Gasteiger partial charge is 0.488 e. The van der Waals surface area contributed by atoms with E-state index in [-0.39, 0.29) is 0 Å². The maximum absolute atomic E-state index is 9.09. The van der Waals surface area contributed by atoms with Crippen molar-refractivity contribution in [3.63, 3.8) is 0 Å². The number of hydrogen-bond acceptors (Lipinski definition) is 2. The lowest BCUT2D eigenvalue weighted by Gasteiger charge is -2.18. The van der Waals surface area contributed by atoms with Crippen LogP contribution in [0.15, 0.2) is 22.7 Å². The third kappa shape index (κ3) is 2.95. The first-order chi connectivity index (χ1) is 6.30. The van der Waals surface area contributed by atoms with Crippen LogP contribution in [0, 0.1) is 0 Å². The van der Waals surface area contributed by atoms with Crippen LogP contribution < -0.4 is 10.6 Å². The zero-order valence-electron chi connectivity index (χ0n) is 8.58. The zero-order valence-corrected chi connectivity index (χ0v) is 11.2. The first-order valence-corrected chi connectivity index (χ1v) is 8.77. The molecule has 0 radical (unpaired) electrons. The van der Waals surface area contributed by atoms with Gasteiger partial charge in [-0.1, -0.05) is 46.8 Å². The Morgan fingerprint density at radius 1 is 1.14 bits per heavy atom. The molecule has 0 aliphatic carbocycles. The van der Waals surface area contributed by atoms with Gasteiger partial charge in [0.1, 0.15) is 0 Å². The van der Waals surface area contributed by atoms with Gasteiger partial charge in [-0.3, -0.25) is 0 Å². The van der Waals surface area contributed by atoms with Gasteiger partial charge >= 0.3 is 7.12 Å². The summed E-state index contributed by atoms with van der Waals surface area (Å²) in [6.07, 6.45) is 0. The molecule has 1 aromatic carbocycles. The molecule has 2 N–H and O–H groups in total. The molecule has 0 aliphatic rings. The van der Waals surface area contributed by atoms with E-state index in [1.807, 2.05) is 6.07 Å². The summed E-state index contributed by atoms with van der Waals surface area (Å²) >= 11 is 3.37. The monoisotopic (exact) mass is 272 g/mol. The fraction of sp³-hybridized carbons (Fsp3) is 0.333. The van der Waals surface area contributed by atoms with Gasteiger partial charge < -0.3 is 10.0 Å². The zero-order chi connectivity index (χ0) is 10.9. The average molecular weight is 273 g/mol. The second kappa shape index (κ2) is 4.18. The van der Waals surface area contributed by atoms with Gasteiger partial charge in [0.25, 0.3) is 0 Å². The lowest BCUT2D eigenvalue weighted by molar-refractivity contribution is 0.426.